The molecule has 0 saturated heterocycles. The van der Waals surface area contributed by atoms with Crippen LogP contribution in [0.2, 0.25) is 5.02 Å². The van der Waals surface area contributed by atoms with Gasteiger partial charge < -0.3 is 14.9 Å². The van der Waals surface area contributed by atoms with E-state index in [-0.39, 0.29) is 16.4 Å². The lowest BCUT2D eigenvalue weighted by atomic mass is 10.1. The van der Waals surface area contributed by atoms with E-state index in [1.165, 1.54) is 7.11 Å². The van der Waals surface area contributed by atoms with Crippen LogP contribution in [0.3, 0.4) is 0 Å². The molecule has 21 heavy (non-hydrogen) atoms. The summed E-state index contributed by atoms with van der Waals surface area (Å²) in [6, 6.07) is 9.19. The van der Waals surface area contributed by atoms with Crippen LogP contribution in [0.1, 0.15) is 10.5 Å². The second-order valence-electron chi connectivity index (χ2n) is 4.40. The first-order valence-corrected chi connectivity index (χ1v) is 6.50. The predicted octanol–water partition coefficient (Wildman–Crippen LogP) is 3.52. The number of esters is 1. The Morgan fingerprint density at radius 2 is 2.14 bits per heavy atom. The number of furan rings is 1. The molecule has 3 aromatic rings. The van der Waals surface area contributed by atoms with Crippen LogP contribution in [0.4, 0.5) is 5.69 Å². The van der Waals surface area contributed by atoms with E-state index < -0.39 is 5.97 Å². The maximum Gasteiger partial charge on any atom is 0.358 e. The average Bonchev–Trinajstić information content (AvgIpc) is 2.93. The van der Waals surface area contributed by atoms with Crippen molar-refractivity contribution in [1.29, 1.82) is 0 Å². The van der Waals surface area contributed by atoms with Crippen molar-refractivity contribution in [2.75, 3.05) is 12.8 Å². The Morgan fingerprint density at radius 1 is 1.38 bits per heavy atom. The predicted molar refractivity (Wildman–Crippen MR) is 80.2 cm³/mol. The molecule has 0 amide bonds. The van der Waals surface area contributed by atoms with Crippen molar-refractivity contribution in [1.82, 2.24) is 4.98 Å². The fraction of sp³-hybridized carbons (Fsp3) is 0.0667. The highest BCUT2D eigenvalue weighted by Gasteiger charge is 2.19. The Hall–Kier alpha value is -2.53. The van der Waals surface area contributed by atoms with Crippen molar-refractivity contribution in [3.05, 3.63) is 47.3 Å². The van der Waals surface area contributed by atoms with Gasteiger partial charge in [-0.2, -0.15) is 0 Å². The van der Waals surface area contributed by atoms with Gasteiger partial charge in [-0.15, -0.1) is 0 Å². The molecule has 106 valence electrons. The Bertz CT molecular complexity index is 842. The number of methoxy groups -OCH3 is 1. The molecule has 5 nitrogen and oxygen atoms in total. The Labute approximate surface area is 125 Å². The zero-order valence-electron chi connectivity index (χ0n) is 11.1. The van der Waals surface area contributed by atoms with Gasteiger partial charge in [0.2, 0.25) is 0 Å². The van der Waals surface area contributed by atoms with E-state index in [0.717, 1.165) is 10.8 Å². The van der Waals surface area contributed by atoms with Gasteiger partial charge in [-0.1, -0.05) is 35.9 Å². The lowest BCUT2D eigenvalue weighted by molar-refractivity contribution is 0.0594. The SMILES string of the molecule is COC(=O)c1nc(-c2occ3ccccc23)cc(N)c1Cl. The van der Waals surface area contributed by atoms with Gasteiger partial charge in [-0.25, -0.2) is 9.78 Å². The first-order valence-electron chi connectivity index (χ1n) is 6.12. The number of nitrogens with two attached hydrogens (primary N) is 1. The molecule has 1 aromatic carbocycles. The number of rotatable bonds is 2. The average molecular weight is 303 g/mol. The summed E-state index contributed by atoms with van der Waals surface area (Å²) in [6.45, 7) is 0. The number of ether oxygens (including phenoxy) is 1. The molecule has 0 bridgehead atoms. The number of nitrogen functional groups attached to an aromatic ring is 1. The van der Waals surface area contributed by atoms with E-state index in [0.29, 0.717) is 11.5 Å². The summed E-state index contributed by atoms with van der Waals surface area (Å²) in [4.78, 5) is 15.9. The smallest absolute Gasteiger partial charge is 0.358 e. The fourth-order valence-electron chi connectivity index (χ4n) is 2.09. The molecule has 6 heteroatoms. The molecule has 0 unspecified atom stereocenters. The molecular weight excluding hydrogens is 292 g/mol. The molecule has 0 aliphatic heterocycles. The number of halogens is 1. The highest BCUT2D eigenvalue weighted by Crippen LogP contribution is 2.33. The van der Waals surface area contributed by atoms with E-state index in [1.807, 2.05) is 24.3 Å². The number of fused-ring (bicyclic) bond motifs is 1. The lowest BCUT2D eigenvalue weighted by Gasteiger charge is -2.07. The minimum atomic E-state index is -0.649. The first-order chi connectivity index (χ1) is 10.1. The van der Waals surface area contributed by atoms with Crippen LogP contribution in [-0.2, 0) is 4.74 Å². The third kappa shape index (κ3) is 2.21. The van der Waals surface area contributed by atoms with Crippen molar-refractivity contribution < 1.29 is 13.9 Å². The maximum absolute atomic E-state index is 11.7. The van der Waals surface area contributed by atoms with Crippen molar-refractivity contribution in [2.24, 2.45) is 0 Å². The van der Waals surface area contributed by atoms with Crippen molar-refractivity contribution >= 4 is 34.0 Å². The van der Waals surface area contributed by atoms with E-state index in [9.17, 15) is 4.79 Å². The van der Waals surface area contributed by atoms with E-state index in [4.69, 9.17) is 21.8 Å². The van der Waals surface area contributed by atoms with E-state index in [2.05, 4.69) is 9.72 Å². The molecule has 0 fully saturated rings. The summed E-state index contributed by atoms with van der Waals surface area (Å²) >= 11 is 6.00. The van der Waals surface area contributed by atoms with Crippen LogP contribution < -0.4 is 5.73 Å². The van der Waals surface area contributed by atoms with Crippen LogP contribution in [0.15, 0.2) is 41.0 Å². The number of carbonyl (C=O) groups excluding carboxylic acids is 1. The normalized spacial score (nSPS) is 10.8. The molecule has 0 atom stereocenters. The third-order valence-electron chi connectivity index (χ3n) is 3.11. The molecular formula is C15H11ClN2O3. The Balaban J connectivity index is 2.23. The lowest BCUT2D eigenvalue weighted by Crippen LogP contribution is -2.07. The van der Waals surface area contributed by atoms with Gasteiger partial charge in [0.15, 0.2) is 11.5 Å². The third-order valence-corrected chi connectivity index (χ3v) is 3.50. The number of aromatic nitrogens is 1. The number of hydrogen-bond donors (Lipinski definition) is 1. The standard InChI is InChI=1S/C15H11ClN2O3/c1-20-15(19)13-12(16)10(17)6-11(18-13)14-9-5-3-2-4-8(9)7-21-14/h2-7H,1H3,(H2,17,18). The summed E-state index contributed by atoms with van der Waals surface area (Å²) in [5.74, 6) is -0.122. The topological polar surface area (TPSA) is 78.3 Å². The van der Waals surface area contributed by atoms with Gasteiger partial charge in [-0.3, -0.25) is 0 Å². The number of nitrogens with zero attached hydrogens (tertiary/aromatic N) is 1. The molecule has 3 rings (SSSR count). The summed E-state index contributed by atoms with van der Waals surface area (Å²) in [7, 11) is 1.26. The van der Waals surface area contributed by atoms with Gasteiger partial charge in [0, 0.05) is 10.8 Å². The van der Waals surface area contributed by atoms with Gasteiger partial charge in [0.25, 0.3) is 0 Å². The van der Waals surface area contributed by atoms with Crippen LogP contribution in [-0.4, -0.2) is 18.1 Å². The number of pyridine rings is 1. The number of anilines is 1. The highest BCUT2D eigenvalue weighted by molar-refractivity contribution is 6.35. The maximum atomic E-state index is 11.7. The summed E-state index contributed by atoms with van der Waals surface area (Å²) in [5, 5.41) is 1.88. The number of hydrogen-bond acceptors (Lipinski definition) is 5. The molecule has 0 spiro atoms. The highest BCUT2D eigenvalue weighted by atomic mass is 35.5. The molecule has 0 saturated carbocycles. The second kappa shape index (κ2) is 5.10. The largest absolute Gasteiger partial charge is 0.464 e. The zero-order chi connectivity index (χ0) is 15.0. The molecule has 0 aliphatic carbocycles. The molecule has 2 aromatic heterocycles. The second-order valence-corrected chi connectivity index (χ2v) is 4.78. The van der Waals surface area contributed by atoms with E-state index >= 15 is 0 Å². The minimum Gasteiger partial charge on any atom is -0.464 e. The van der Waals surface area contributed by atoms with Crippen molar-refractivity contribution in [3.63, 3.8) is 0 Å². The molecule has 0 radical (unpaired) electrons. The van der Waals surface area contributed by atoms with Crippen LogP contribution in [0.25, 0.3) is 22.2 Å². The molecule has 2 N–H and O–H groups in total. The summed E-state index contributed by atoms with van der Waals surface area (Å²) in [5.41, 5.74) is 6.48. The van der Waals surface area contributed by atoms with Crippen LogP contribution >= 0.6 is 11.6 Å². The summed E-state index contributed by atoms with van der Waals surface area (Å²) in [6.07, 6.45) is 1.62. The van der Waals surface area contributed by atoms with Gasteiger partial charge in [0.05, 0.1) is 24.1 Å². The monoisotopic (exact) mass is 302 g/mol. The quantitative estimate of drug-likeness (QED) is 0.733. The molecule has 2 heterocycles. The van der Waals surface area contributed by atoms with Crippen molar-refractivity contribution in [2.45, 2.75) is 0 Å². The Kier molecular flexibility index (Phi) is 3.27. The van der Waals surface area contributed by atoms with Gasteiger partial charge in [0.1, 0.15) is 5.69 Å². The number of benzene rings is 1. The number of carbonyl (C=O) groups is 1. The van der Waals surface area contributed by atoms with Crippen molar-refractivity contribution in [3.8, 4) is 11.5 Å². The van der Waals surface area contributed by atoms with Crippen LogP contribution in [0, 0.1) is 0 Å². The van der Waals surface area contributed by atoms with E-state index in [1.54, 1.807) is 12.3 Å². The minimum absolute atomic E-state index is 0.0327. The molecule has 0 aliphatic rings. The van der Waals surface area contributed by atoms with Gasteiger partial charge >= 0.3 is 5.97 Å². The van der Waals surface area contributed by atoms with Gasteiger partial charge in [-0.05, 0) is 6.07 Å². The summed E-state index contributed by atoms with van der Waals surface area (Å²) < 4.78 is 10.2. The first kappa shape index (κ1) is 13.5. The van der Waals surface area contributed by atoms with Crippen LogP contribution in [0.5, 0.6) is 0 Å². The zero-order valence-corrected chi connectivity index (χ0v) is 11.8. The fourth-order valence-corrected chi connectivity index (χ4v) is 2.26. The Morgan fingerprint density at radius 3 is 2.90 bits per heavy atom.